The second-order valence-electron chi connectivity index (χ2n) is 11.4. The predicted molar refractivity (Wildman–Crippen MR) is 196 cm³/mol. The molecule has 10 nitrogen and oxygen atoms in total. The lowest BCUT2D eigenvalue weighted by atomic mass is 10.1. The molecule has 13 heteroatoms. The summed E-state index contributed by atoms with van der Waals surface area (Å²) in [6.45, 7) is 0. The van der Waals surface area contributed by atoms with E-state index in [4.69, 9.17) is 39.8 Å². The highest BCUT2D eigenvalue weighted by molar-refractivity contribution is 6.61. The molecule has 0 radical (unpaired) electrons. The first-order chi connectivity index (χ1) is 23.2. The van der Waals surface area contributed by atoms with E-state index >= 15 is 0 Å². The summed E-state index contributed by atoms with van der Waals surface area (Å²) >= 11 is 0. The zero-order valence-electron chi connectivity index (χ0n) is 30.2. The molecule has 0 saturated carbocycles. The van der Waals surface area contributed by atoms with Gasteiger partial charge >= 0.3 is 26.4 Å². The first kappa shape index (κ1) is 40.2. The molecule has 0 aliphatic heterocycles. The number of nitrogens with zero attached hydrogens (tertiary/aromatic N) is 1. The molecule has 0 aromatic heterocycles. The molecule has 3 aromatic carbocycles. The molecule has 0 bridgehead atoms. The lowest BCUT2D eigenvalue weighted by Crippen LogP contribution is -2.43. The van der Waals surface area contributed by atoms with Gasteiger partial charge in [-0.05, 0) is 85.2 Å². The Balaban J connectivity index is 1.83. The first-order valence-electron chi connectivity index (χ1n) is 16.3. The standard InChI is InChI=1S/C35H55NO9Si3/c1-37-46(38-2,39-3)27-10-12-30-14-20-33(21-15-30)36(35-24-18-32(19-25-35)26-29-48(43-7,44-8)45-9)34-22-16-31(17-23-34)13-11-28-47(40-4,41-5)42-6/h14-25H,10-13,26-29H2,1-9H3. The van der Waals surface area contributed by atoms with Gasteiger partial charge in [0.2, 0.25) is 0 Å². The van der Waals surface area contributed by atoms with Gasteiger partial charge in [-0.1, -0.05) is 36.4 Å². The van der Waals surface area contributed by atoms with Crippen LogP contribution >= 0.6 is 0 Å². The van der Waals surface area contributed by atoms with Crippen molar-refractivity contribution in [3.05, 3.63) is 89.5 Å². The molecule has 0 fully saturated rings. The molecule has 0 unspecified atom stereocenters. The van der Waals surface area contributed by atoms with Crippen LogP contribution in [0.2, 0.25) is 18.1 Å². The fourth-order valence-electron chi connectivity index (χ4n) is 5.87. The summed E-state index contributed by atoms with van der Waals surface area (Å²) in [5.74, 6) is 0. The zero-order chi connectivity index (χ0) is 35.0. The normalized spacial score (nSPS) is 12.4. The second kappa shape index (κ2) is 19.8. The number of anilines is 3. The summed E-state index contributed by atoms with van der Waals surface area (Å²) in [4.78, 5) is 2.28. The predicted octanol–water partition coefficient (Wildman–Crippen LogP) is 7.20. The highest BCUT2D eigenvalue weighted by Gasteiger charge is 2.38. The Hall–Kier alpha value is -2.25. The van der Waals surface area contributed by atoms with Gasteiger partial charge in [-0.15, -0.1) is 0 Å². The maximum Gasteiger partial charge on any atom is 0.500 e. The first-order valence-corrected chi connectivity index (χ1v) is 22.1. The molecule has 0 atom stereocenters. The lowest BCUT2D eigenvalue weighted by molar-refractivity contribution is 0.122. The maximum absolute atomic E-state index is 5.62. The minimum absolute atomic E-state index is 0.702. The lowest BCUT2D eigenvalue weighted by Gasteiger charge is -2.27. The molecule has 3 rings (SSSR count). The van der Waals surface area contributed by atoms with E-state index in [0.717, 1.165) is 61.3 Å². The summed E-state index contributed by atoms with van der Waals surface area (Å²) in [5.41, 5.74) is 6.92. The van der Waals surface area contributed by atoms with Crippen LogP contribution in [0.25, 0.3) is 0 Å². The average molecular weight is 718 g/mol. The molecule has 0 saturated heterocycles. The third-order valence-electron chi connectivity index (χ3n) is 9.00. The zero-order valence-corrected chi connectivity index (χ0v) is 33.2. The van der Waals surface area contributed by atoms with E-state index in [0.29, 0.717) is 6.04 Å². The van der Waals surface area contributed by atoms with E-state index in [9.17, 15) is 0 Å². The van der Waals surface area contributed by atoms with Crippen molar-refractivity contribution in [3.63, 3.8) is 0 Å². The van der Waals surface area contributed by atoms with E-state index in [1.54, 1.807) is 64.0 Å². The van der Waals surface area contributed by atoms with Gasteiger partial charge in [-0.2, -0.15) is 0 Å². The second-order valence-corrected chi connectivity index (χ2v) is 20.7. The van der Waals surface area contributed by atoms with Crippen LogP contribution in [0, 0.1) is 0 Å². The van der Waals surface area contributed by atoms with Gasteiger partial charge < -0.3 is 44.7 Å². The van der Waals surface area contributed by atoms with Crippen LogP contribution in [0.3, 0.4) is 0 Å². The van der Waals surface area contributed by atoms with Gasteiger partial charge in [-0.25, -0.2) is 0 Å². The molecular formula is C35H55NO9Si3. The maximum atomic E-state index is 5.62. The van der Waals surface area contributed by atoms with Crippen LogP contribution in [0.4, 0.5) is 17.1 Å². The SMILES string of the molecule is CO[Si](CCCc1ccc(N(c2ccc(CCC[Si](OC)(OC)OC)cc2)c2ccc(CC[Si](OC)(OC)OC)cc2)cc1)(OC)OC. The minimum Gasteiger partial charge on any atom is -0.377 e. The van der Waals surface area contributed by atoms with Crippen LogP contribution in [-0.4, -0.2) is 90.4 Å². The molecule has 0 aliphatic rings. The number of hydrogen-bond donors (Lipinski definition) is 0. The molecule has 0 amide bonds. The van der Waals surface area contributed by atoms with Crippen LogP contribution < -0.4 is 4.90 Å². The largest absolute Gasteiger partial charge is 0.500 e. The molecule has 0 spiro atoms. The minimum atomic E-state index is -2.65. The van der Waals surface area contributed by atoms with Gasteiger partial charge in [0.05, 0.1) is 0 Å². The number of benzene rings is 3. The monoisotopic (exact) mass is 717 g/mol. The van der Waals surface area contributed by atoms with E-state index in [-0.39, 0.29) is 0 Å². The van der Waals surface area contributed by atoms with Crippen molar-refractivity contribution in [2.24, 2.45) is 0 Å². The summed E-state index contributed by atoms with van der Waals surface area (Å²) in [5, 5.41) is 0. The van der Waals surface area contributed by atoms with Gasteiger partial charge in [0.25, 0.3) is 0 Å². The van der Waals surface area contributed by atoms with Crippen molar-refractivity contribution in [2.45, 2.75) is 50.2 Å². The van der Waals surface area contributed by atoms with Gasteiger partial charge in [0, 0.05) is 99.2 Å². The van der Waals surface area contributed by atoms with Gasteiger partial charge in [-0.3, -0.25) is 0 Å². The Labute approximate surface area is 291 Å². The van der Waals surface area contributed by atoms with E-state index in [1.165, 1.54) is 16.7 Å². The van der Waals surface area contributed by atoms with Crippen LogP contribution in [0.5, 0.6) is 0 Å². The summed E-state index contributed by atoms with van der Waals surface area (Å²) in [6.07, 6.45) is 4.43. The fraction of sp³-hybridized carbons (Fsp3) is 0.486. The van der Waals surface area contributed by atoms with Crippen molar-refractivity contribution in [1.29, 1.82) is 0 Å². The Bertz CT molecular complexity index is 1220. The van der Waals surface area contributed by atoms with E-state index in [2.05, 4.69) is 77.7 Å². The summed E-state index contributed by atoms with van der Waals surface area (Å²) < 4.78 is 50.4. The van der Waals surface area contributed by atoms with Crippen molar-refractivity contribution in [1.82, 2.24) is 0 Å². The van der Waals surface area contributed by atoms with Crippen LogP contribution in [0.1, 0.15) is 29.5 Å². The summed E-state index contributed by atoms with van der Waals surface area (Å²) in [7, 11) is 7.07. The molecular weight excluding hydrogens is 663 g/mol. The highest BCUT2D eigenvalue weighted by Crippen LogP contribution is 2.35. The topological polar surface area (TPSA) is 86.3 Å². The number of rotatable bonds is 23. The summed E-state index contributed by atoms with van der Waals surface area (Å²) in [6, 6.07) is 28.4. The van der Waals surface area contributed by atoms with Crippen LogP contribution in [0.15, 0.2) is 72.8 Å². The Morgan fingerprint density at radius 2 is 0.604 bits per heavy atom. The van der Waals surface area contributed by atoms with Crippen molar-refractivity contribution >= 4 is 43.5 Å². The third-order valence-corrected chi connectivity index (χ3v) is 17.4. The van der Waals surface area contributed by atoms with Crippen molar-refractivity contribution in [2.75, 3.05) is 68.9 Å². The van der Waals surface area contributed by atoms with Gasteiger partial charge in [0.15, 0.2) is 0 Å². The Kier molecular flexibility index (Phi) is 16.6. The van der Waals surface area contributed by atoms with Crippen LogP contribution in [-0.2, 0) is 59.1 Å². The van der Waals surface area contributed by atoms with E-state index < -0.39 is 26.4 Å². The number of aryl methyl sites for hydroxylation is 3. The highest BCUT2D eigenvalue weighted by atomic mass is 28.4. The molecule has 3 aromatic rings. The average Bonchev–Trinajstić information content (AvgIpc) is 3.15. The van der Waals surface area contributed by atoms with E-state index in [1.807, 2.05) is 0 Å². The molecule has 266 valence electrons. The van der Waals surface area contributed by atoms with Gasteiger partial charge in [0.1, 0.15) is 0 Å². The Morgan fingerprint density at radius 3 is 0.875 bits per heavy atom. The molecule has 0 heterocycles. The molecule has 0 aliphatic carbocycles. The molecule has 0 N–H and O–H groups in total. The van der Waals surface area contributed by atoms with Crippen molar-refractivity contribution < 1.29 is 39.8 Å². The number of hydrogen-bond acceptors (Lipinski definition) is 10. The fourth-order valence-corrected chi connectivity index (χ4v) is 11.0. The third kappa shape index (κ3) is 10.6. The smallest absolute Gasteiger partial charge is 0.377 e. The molecule has 48 heavy (non-hydrogen) atoms. The Morgan fingerprint density at radius 1 is 0.354 bits per heavy atom. The van der Waals surface area contributed by atoms with Crippen molar-refractivity contribution in [3.8, 4) is 0 Å². The quantitative estimate of drug-likeness (QED) is 0.0940.